The smallest absolute Gasteiger partial charge is 0.281 e. The zero-order chi connectivity index (χ0) is 25.7. The Labute approximate surface area is 210 Å². The molecule has 2 bridgehead atoms. The minimum atomic E-state index is -2.79. The van der Waals surface area contributed by atoms with Crippen LogP contribution < -0.4 is 15.4 Å². The van der Waals surface area contributed by atoms with Crippen molar-refractivity contribution >= 4 is 23.4 Å². The van der Waals surface area contributed by atoms with Gasteiger partial charge in [0.25, 0.3) is 18.2 Å². The Kier molecular flexibility index (Phi) is 6.34. The first-order valence-corrected chi connectivity index (χ1v) is 12.0. The van der Waals surface area contributed by atoms with Crippen molar-refractivity contribution in [2.24, 2.45) is 0 Å². The lowest BCUT2D eigenvalue weighted by molar-refractivity contribution is -0.136. The molecule has 2 amide bonds. The number of benzene rings is 1. The fourth-order valence-corrected chi connectivity index (χ4v) is 5.62. The average Bonchev–Trinajstić information content (AvgIpc) is 2.85. The minimum Gasteiger partial charge on any atom is -0.480 e. The Morgan fingerprint density at radius 1 is 1.11 bits per heavy atom. The Morgan fingerprint density at radius 3 is 2.50 bits per heavy atom. The first-order valence-electron chi connectivity index (χ1n) is 11.7. The van der Waals surface area contributed by atoms with Gasteiger partial charge in [-0.2, -0.15) is 0 Å². The van der Waals surface area contributed by atoms with Crippen LogP contribution in [0, 0.1) is 0 Å². The fraction of sp³-hybridized carbons (Fsp3) is 0.500. The number of aliphatic hydroxyl groups is 2. The van der Waals surface area contributed by atoms with E-state index >= 15 is 0 Å². The summed E-state index contributed by atoms with van der Waals surface area (Å²) in [6.45, 7) is 0. The molecule has 12 heteroatoms. The Morgan fingerprint density at radius 2 is 1.86 bits per heavy atom. The van der Waals surface area contributed by atoms with Gasteiger partial charge < -0.3 is 25.6 Å². The van der Waals surface area contributed by atoms with Crippen LogP contribution in [-0.2, 0) is 4.79 Å². The van der Waals surface area contributed by atoms with Gasteiger partial charge in [-0.15, -0.1) is 0 Å². The molecule has 3 saturated carbocycles. The zero-order valence-corrected chi connectivity index (χ0v) is 19.8. The summed E-state index contributed by atoms with van der Waals surface area (Å²) in [6.07, 6.45) is -1.58. The van der Waals surface area contributed by atoms with E-state index in [4.69, 9.17) is 16.3 Å². The molecule has 3 aliphatic carbocycles. The van der Waals surface area contributed by atoms with E-state index in [1.54, 1.807) is 18.2 Å². The molecule has 3 atom stereocenters. The molecule has 4 N–H and O–H groups in total. The molecular weight excluding hydrogens is 498 g/mol. The SMILES string of the molecule is O=C(NC12CCC(NC(=O)[C@H]3C[C@@H](O)c4cc(Cl)ccc4O3)(CC1)C[C@H]2O)c1cnc(C(F)F)cn1. The maximum Gasteiger partial charge on any atom is 0.281 e. The highest BCUT2D eigenvalue weighted by Crippen LogP contribution is 2.47. The molecule has 2 aromatic rings. The molecule has 36 heavy (non-hydrogen) atoms. The van der Waals surface area contributed by atoms with Crippen molar-refractivity contribution in [2.45, 2.75) is 74.3 Å². The molecule has 0 saturated heterocycles. The van der Waals surface area contributed by atoms with Gasteiger partial charge in [0.2, 0.25) is 0 Å². The summed E-state index contributed by atoms with van der Waals surface area (Å²) in [4.78, 5) is 33.1. The number of nitrogens with one attached hydrogen (secondary N) is 2. The Balaban J connectivity index is 1.23. The number of hydrogen-bond acceptors (Lipinski definition) is 7. The molecular formula is C24H25ClF2N4O5. The van der Waals surface area contributed by atoms with Crippen LogP contribution in [0.25, 0.3) is 0 Å². The number of carbonyl (C=O) groups excluding carboxylic acids is 2. The Hall–Kier alpha value is -2.89. The van der Waals surface area contributed by atoms with Crippen molar-refractivity contribution in [1.82, 2.24) is 20.6 Å². The minimum absolute atomic E-state index is 0.0726. The molecule has 1 aromatic heterocycles. The number of alkyl halides is 2. The highest BCUT2D eigenvalue weighted by Gasteiger charge is 2.56. The lowest BCUT2D eigenvalue weighted by Crippen LogP contribution is -2.70. The van der Waals surface area contributed by atoms with Crippen LogP contribution in [0.5, 0.6) is 5.75 Å². The summed E-state index contributed by atoms with van der Waals surface area (Å²) in [5, 5.41) is 27.8. The molecule has 0 spiro atoms. The van der Waals surface area contributed by atoms with Crippen molar-refractivity contribution in [2.75, 3.05) is 0 Å². The number of amides is 2. The monoisotopic (exact) mass is 522 g/mol. The summed E-state index contributed by atoms with van der Waals surface area (Å²) in [7, 11) is 0. The van der Waals surface area contributed by atoms with Crippen LogP contribution in [-0.4, -0.2) is 55.3 Å². The molecule has 6 rings (SSSR count). The summed E-state index contributed by atoms with van der Waals surface area (Å²) in [5.74, 6) is -0.589. The number of hydrogen-bond donors (Lipinski definition) is 4. The maximum absolute atomic E-state index is 13.1. The number of ether oxygens (including phenoxy) is 1. The van der Waals surface area contributed by atoms with Gasteiger partial charge in [-0.3, -0.25) is 14.6 Å². The van der Waals surface area contributed by atoms with Gasteiger partial charge in [0.1, 0.15) is 17.1 Å². The number of halogens is 3. The number of aliphatic hydroxyl groups excluding tert-OH is 2. The van der Waals surface area contributed by atoms with Gasteiger partial charge >= 0.3 is 0 Å². The summed E-state index contributed by atoms with van der Waals surface area (Å²) >= 11 is 5.99. The molecule has 0 radical (unpaired) electrons. The van der Waals surface area contributed by atoms with Crippen LogP contribution in [0.4, 0.5) is 8.78 Å². The molecule has 192 valence electrons. The normalized spacial score (nSPS) is 30.9. The zero-order valence-electron chi connectivity index (χ0n) is 19.1. The highest BCUT2D eigenvalue weighted by molar-refractivity contribution is 6.30. The van der Waals surface area contributed by atoms with E-state index in [0.717, 1.165) is 12.4 Å². The van der Waals surface area contributed by atoms with Gasteiger partial charge in [-0.25, -0.2) is 13.8 Å². The molecule has 4 aliphatic rings. The number of rotatable bonds is 5. The molecule has 2 heterocycles. The van der Waals surface area contributed by atoms with E-state index in [1.807, 2.05) is 0 Å². The number of carbonyl (C=O) groups is 2. The van der Waals surface area contributed by atoms with Crippen LogP contribution in [0.2, 0.25) is 5.02 Å². The van der Waals surface area contributed by atoms with Crippen molar-refractivity contribution in [3.8, 4) is 5.75 Å². The molecule has 1 aromatic carbocycles. The first kappa shape index (κ1) is 24.8. The van der Waals surface area contributed by atoms with Crippen molar-refractivity contribution in [3.05, 3.63) is 52.6 Å². The van der Waals surface area contributed by atoms with E-state index < -0.39 is 47.4 Å². The van der Waals surface area contributed by atoms with Crippen molar-refractivity contribution in [3.63, 3.8) is 0 Å². The molecule has 9 nitrogen and oxygen atoms in total. The lowest BCUT2D eigenvalue weighted by Gasteiger charge is -2.56. The molecule has 1 aliphatic heterocycles. The van der Waals surface area contributed by atoms with E-state index in [9.17, 15) is 28.6 Å². The van der Waals surface area contributed by atoms with Crippen LogP contribution in [0.15, 0.2) is 30.6 Å². The van der Waals surface area contributed by atoms with Gasteiger partial charge in [-0.05, 0) is 50.3 Å². The average molecular weight is 523 g/mol. The number of aromatic nitrogens is 2. The van der Waals surface area contributed by atoms with Crippen LogP contribution in [0.3, 0.4) is 0 Å². The fourth-order valence-electron chi connectivity index (χ4n) is 5.44. The summed E-state index contributed by atoms with van der Waals surface area (Å²) < 4.78 is 31.2. The highest BCUT2D eigenvalue weighted by atomic mass is 35.5. The largest absolute Gasteiger partial charge is 0.480 e. The predicted molar refractivity (Wildman–Crippen MR) is 123 cm³/mol. The standard InChI is InChI=1S/C24H25ClF2N4O5/c25-12-1-2-17-13(7-12)16(32)8-18(36-17)22(35)30-23-3-5-24(6-4-23,19(33)9-23)31-21(34)15-11-28-14(10-29-15)20(26)27/h1-2,7,10-11,16,18-20,32-33H,3-6,8-9H2,(H,30,35)(H,31,34)/t16-,18-,19-,23?,24?/m1/s1. The molecule has 0 unspecified atom stereocenters. The number of nitrogens with zero attached hydrogens (tertiary/aromatic N) is 2. The van der Waals surface area contributed by atoms with Gasteiger partial charge in [0, 0.05) is 22.5 Å². The summed E-state index contributed by atoms with van der Waals surface area (Å²) in [6, 6.07) is 4.85. The van der Waals surface area contributed by atoms with Gasteiger partial charge in [0.15, 0.2) is 6.10 Å². The molecule has 3 fully saturated rings. The second kappa shape index (κ2) is 9.20. The van der Waals surface area contributed by atoms with E-state index in [2.05, 4.69) is 20.6 Å². The van der Waals surface area contributed by atoms with Crippen LogP contribution in [0.1, 0.15) is 72.8 Å². The maximum atomic E-state index is 13.1. The van der Waals surface area contributed by atoms with Gasteiger partial charge in [0.05, 0.1) is 30.1 Å². The summed E-state index contributed by atoms with van der Waals surface area (Å²) in [5.41, 5.74) is -1.70. The first-order chi connectivity index (χ1) is 17.1. The third-order valence-corrected chi connectivity index (χ3v) is 7.77. The van der Waals surface area contributed by atoms with E-state index in [0.29, 0.717) is 42.0 Å². The topological polar surface area (TPSA) is 134 Å². The van der Waals surface area contributed by atoms with E-state index in [1.165, 1.54) is 0 Å². The van der Waals surface area contributed by atoms with E-state index in [-0.39, 0.29) is 24.4 Å². The third-order valence-electron chi connectivity index (χ3n) is 7.53. The van der Waals surface area contributed by atoms with Crippen molar-refractivity contribution in [1.29, 1.82) is 0 Å². The third kappa shape index (κ3) is 4.51. The van der Waals surface area contributed by atoms with Crippen LogP contribution >= 0.6 is 11.6 Å². The quantitative estimate of drug-likeness (QED) is 0.474. The second-order valence-electron chi connectivity index (χ2n) is 9.77. The van der Waals surface area contributed by atoms with Crippen molar-refractivity contribution < 1.29 is 33.3 Å². The second-order valence-corrected chi connectivity index (χ2v) is 10.2. The van der Waals surface area contributed by atoms with Gasteiger partial charge in [-0.1, -0.05) is 11.6 Å². The number of fused-ring (bicyclic) bond motifs is 4. The Bertz CT molecular complexity index is 1170. The predicted octanol–water partition coefficient (Wildman–Crippen LogP) is 2.61. The lowest BCUT2D eigenvalue weighted by atomic mass is 9.59.